The Labute approximate surface area is 235 Å². The normalized spacial score (nSPS) is 11.8. The van der Waals surface area contributed by atoms with Crippen molar-refractivity contribution in [2.45, 2.75) is 64.5 Å². The van der Waals surface area contributed by atoms with Gasteiger partial charge in [-0.15, -0.1) is 0 Å². The minimum Gasteiger partial charge on any atom is -0.481 e. The Kier molecular flexibility index (Phi) is 9.94. The van der Waals surface area contributed by atoms with E-state index in [0.29, 0.717) is 34.1 Å². The van der Waals surface area contributed by atoms with Crippen molar-refractivity contribution in [3.05, 3.63) is 101 Å². The molecule has 1 nitrogen and oxygen atoms in total. The van der Waals surface area contributed by atoms with Gasteiger partial charge in [0, 0.05) is 5.39 Å². The summed E-state index contributed by atoms with van der Waals surface area (Å²) in [5, 5.41) is 0.748. The molecule has 0 atom stereocenters. The van der Waals surface area contributed by atoms with Crippen molar-refractivity contribution in [3.8, 4) is 16.9 Å². The van der Waals surface area contributed by atoms with Gasteiger partial charge in [0.2, 0.25) is 0 Å². The number of alkyl halides is 3. The first kappa shape index (κ1) is 30.4. The number of unbranched alkanes of at least 4 members (excludes halogenated alkanes) is 4. The number of hydrogen-bond acceptors (Lipinski definition) is 1. The summed E-state index contributed by atoms with van der Waals surface area (Å²) in [5.74, 6) is -3.26. The van der Waals surface area contributed by atoms with Crippen LogP contribution in [-0.4, -0.2) is 12.8 Å². The highest BCUT2D eigenvalue weighted by Gasteiger charge is 2.29. The van der Waals surface area contributed by atoms with E-state index in [1.807, 2.05) is 0 Å². The van der Waals surface area contributed by atoms with Crippen LogP contribution >= 0.6 is 0 Å². The predicted octanol–water partition coefficient (Wildman–Crippen LogP) is 10.3. The summed E-state index contributed by atoms with van der Waals surface area (Å²) >= 11 is 0. The highest BCUT2D eigenvalue weighted by molar-refractivity contribution is 5.88. The molecule has 0 aliphatic rings. The Morgan fingerprint density at radius 1 is 0.659 bits per heavy atom. The SMILES string of the molecule is CCCCCCCc1cc(F)c(-c2ccc3c(F)c(CCc4ccc(OCC(F)(F)F)c(F)c4)ccc3c2)c(F)c1. The molecule has 8 heteroatoms. The Bertz CT molecular complexity index is 1470. The smallest absolute Gasteiger partial charge is 0.422 e. The first-order valence-electron chi connectivity index (χ1n) is 13.7. The number of hydrogen-bond donors (Lipinski definition) is 0. The summed E-state index contributed by atoms with van der Waals surface area (Å²) < 4.78 is 101. The van der Waals surface area contributed by atoms with E-state index < -0.39 is 41.8 Å². The van der Waals surface area contributed by atoms with Crippen molar-refractivity contribution >= 4 is 10.8 Å². The predicted molar refractivity (Wildman–Crippen MR) is 147 cm³/mol. The molecule has 0 fully saturated rings. The number of fused-ring (bicyclic) bond motifs is 1. The van der Waals surface area contributed by atoms with Gasteiger partial charge in [0.05, 0.1) is 5.56 Å². The first-order valence-corrected chi connectivity index (χ1v) is 13.7. The second-order valence-corrected chi connectivity index (χ2v) is 10.2. The minimum absolute atomic E-state index is 0.157. The lowest BCUT2D eigenvalue weighted by atomic mass is 9.95. The minimum atomic E-state index is -4.58. The van der Waals surface area contributed by atoms with E-state index in [2.05, 4.69) is 11.7 Å². The summed E-state index contributed by atoms with van der Waals surface area (Å²) in [5.41, 5.74) is 1.57. The highest BCUT2D eigenvalue weighted by atomic mass is 19.4. The van der Waals surface area contributed by atoms with Gasteiger partial charge in [0.25, 0.3) is 0 Å². The standard InChI is InChI=1S/C33H31F7O/c1-2-3-4-5-6-7-22-17-28(35)31(29(36)18-22)25-13-14-26-24(19-25)12-11-23(32(26)37)10-8-21-9-15-30(27(34)16-21)41-20-33(38,39)40/h9,11-19H,2-8,10,20H2,1H3. The molecule has 218 valence electrons. The van der Waals surface area contributed by atoms with Gasteiger partial charge >= 0.3 is 6.18 Å². The molecule has 0 radical (unpaired) electrons. The topological polar surface area (TPSA) is 9.23 Å². The third-order valence-electron chi connectivity index (χ3n) is 7.06. The van der Waals surface area contributed by atoms with Gasteiger partial charge in [-0.05, 0) is 83.7 Å². The number of benzene rings is 4. The van der Waals surface area contributed by atoms with E-state index in [4.69, 9.17) is 0 Å². The summed E-state index contributed by atoms with van der Waals surface area (Å²) in [6, 6.07) is 14.1. The van der Waals surface area contributed by atoms with Crippen LogP contribution in [0.5, 0.6) is 5.75 Å². The van der Waals surface area contributed by atoms with Crippen molar-refractivity contribution < 1.29 is 35.5 Å². The molecule has 0 aromatic heterocycles. The van der Waals surface area contributed by atoms with Crippen LogP contribution < -0.4 is 4.74 Å². The van der Waals surface area contributed by atoms with Crippen molar-refractivity contribution in [2.24, 2.45) is 0 Å². The summed E-state index contributed by atoms with van der Waals surface area (Å²) in [7, 11) is 0. The average molecular weight is 577 g/mol. The van der Waals surface area contributed by atoms with E-state index in [9.17, 15) is 26.3 Å². The molecule has 0 N–H and O–H groups in total. The third-order valence-corrected chi connectivity index (χ3v) is 7.06. The molecule has 0 heterocycles. The van der Waals surface area contributed by atoms with E-state index in [0.717, 1.165) is 44.2 Å². The van der Waals surface area contributed by atoms with Gasteiger partial charge in [0.1, 0.15) is 17.5 Å². The summed E-state index contributed by atoms with van der Waals surface area (Å²) in [6.07, 6.45) is 1.71. The van der Waals surface area contributed by atoms with Crippen molar-refractivity contribution in [3.63, 3.8) is 0 Å². The lowest BCUT2D eigenvalue weighted by Gasteiger charge is -2.12. The van der Waals surface area contributed by atoms with Crippen LogP contribution in [0.4, 0.5) is 30.7 Å². The molecule has 4 rings (SSSR count). The molecule has 0 aliphatic heterocycles. The number of aryl methyl sites for hydroxylation is 3. The summed E-state index contributed by atoms with van der Waals surface area (Å²) in [6.45, 7) is 0.527. The largest absolute Gasteiger partial charge is 0.481 e. The van der Waals surface area contributed by atoms with Crippen LogP contribution in [0.2, 0.25) is 0 Å². The van der Waals surface area contributed by atoms with E-state index in [-0.39, 0.29) is 23.8 Å². The van der Waals surface area contributed by atoms with Gasteiger partial charge in [-0.2, -0.15) is 13.2 Å². The van der Waals surface area contributed by atoms with Gasteiger partial charge < -0.3 is 4.74 Å². The van der Waals surface area contributed by atoms with E-state index in [1.165, 1.54) is 30.3 Å². The number of halogens is 7. The van der Waals surface area contributed by atoms with Crippen LogP contribution in [0.25, 0.3) is 21.9 Å². The van der Waals surface area contributed by atoms with E-state index >= 15 is 4.39 Å². The van der Waals surface area contributed by atoms with Crippen molar-refractivity contribution in [1.82, 2.24) is 0 Å². The van der Waals surface area contributed by atoms with Crippen LogP contribution in [0.15, 0.2) is 60.7 Å². The average Bonchev–Trinajstić information content (AvgIpc) is 2.91. The molecule has 0 aliphatic carbocycles. The number of ether oxygens (including phenoxy) is 1. The van der Waals surface area contributed by atoms with Crippen LogP contribution in [-0.2, 0) is 19.3 Å². The zero-order valence-electron chi connectivity index (χ0n) is 22.7. The monoisotopic (exact) mass is 576 g/mol. The second-order valence-electron chi connectivity index (χ2n) is 10.2. The quantitative estimate of drug-likeness (QED) is 0.120. The highest BCUT2D eigenvalue weighted by Crippen LogP contribution is 2.32. The Hall–Kier alpha value is -3.55. The lowest BCUT2D eigenvalue weighted by molar-refractivity contribution is -0.153. The Balaban J connectivity index is 1.46. The van der Waals surface area contributed by atoms with Gasteiger partial charge in [-0.3, -0.25) is 0 Å². The molecule has 0 spiro atoms. The maximum atomic E-state index is 15.3. The van der Waals surface area contributed by atoms with Crippen LogP contribution in [0.1, 0.15) is 55.7 Å². The Morgan fingerprint density at radius 3 is 2.05 bits per heavy atom. The van der Waals surface area contributed by atoms with Gasteiger partial charge in [0.15, 0.2) is 18.2 Å². The second kappa shape index (κ2) is 13.4. The fraction of sp³-hybridized carbons (Fsp3) is 0.333. The van der Waals surface area contributed by atoms with Gasteiger partial charge in [-0.1, -0.05) is 62.9 Å². The molecular weight excluding hydrogens is 545 g/mol. The van der Waals surface area contributed by atoms with Crippen LogP contribution in [0, 0.1) is 23.3 Å². The lowest BCUT2D eigenvalue weighted by Crippen LogP contribution is -2.19. The zero-order valence-corrected chi connectivity index (χ0v) is 22.7. The molecular formula is C33H31F7O. The molecule has 41 heavy (non-hydrogen) atoms. The zero-order chi connectivity index (χ0) is 29.6. The van der Waals surface area contributed by atoms with Crippen molar-refractivity contribution in [2.75, 3.05) is 6.61 Å². The fourth-order valence-corrected chi connectivity index (χ4v) is 4.92. The number of rotatable bonds is 12. The molecule has 0 unspecified atom stereocenters. The van der Waals surface area contributed by atoms with E-state index in [1.54, 1.807) is 18.2 Å². The van der Waals surface area contributed by atoms with Crippen molar-refractivity contribution in [1.29, 1.82) is 0 Å². The maximum absolute atomic E-state index is 15.3. The molecule has 4 aromatic rings. The third kappa shape index (κ3) is 8.02. The maximum Gasteiger partial charge on any atom is 0.422 e. The molecule has 0 bridgehead atoms. The molecule has 4 aromatic carbocycles. The fourth-order valence-electron chi connectivity index (χ4n) is 4.92. The molecule has 0 amide bonds. The molecule has 0 saturated carbocycles. The first-order chi connectivity index (χ1) is 19.6. The molecule has 0 saturated heterocycles. The summed E-state index contributed by atoms with van der Waals surface area (Å²) in [4.78, 5) is 0. The van der Waals surface area contributed by atoms with Crippen LogP contribution in [0.3, 0.4) is 0 Å². The Morgan fingerprint density at radius 2 is 1.37 bits per heavy atom. The van der Waals surface area contributed by atoms with Gasteiger partial charge in [-0.25, -0.2) is 17.6 Å².